The molecule has 2 heterocycles. The van der Waals surface area contributed by atoms with E-state index in [0.717, 1.165) is 22.9 Å². The molecule has 0 fully saturated rings. The lowest BCUT2D eigenvalue weighted by Gasteiger charge is -2.30. The van der Waals surface area contributed by atoms with Gasteiger partial charge in [0.15, 0.2) is 5.82 Å². The van der Waals surface area contributed by atoms with E-state index in [4.69, 9.17) is 4.74 Å². The van der Waals surface area contributed by atoms with Crippen LogP contribution in [0.2, 0.25) is 0 Å². The van der Waals surface area contributed by atoms with E-state index in [1.807, 2.05) is 36.4 Å². The number of halogens is 1. The third-order valence-corrected chi connectivity index (χ3v) is 5.32. The van der Waals surface area contributed by atoms with Gasteiger partial charge in [0.25, 0.3) is 5.91 Å². The number of aromatic nitrogens is 1. The standard InChI is InChI=1S/C26H20FN3O2/c1-26(16-28)17-32-15-21-10-9-20(12-23(21)26)25(31)30-13-22-11-19(24(27)14-29-22)8-7-18-5-3-2-4-6-18/h2-6,9-12,14H,13,15,17H2,1H3,(H,30,31)/t26-/m1/s1. The van der Waals surface area contributed by atoms with Gasteiger partial charge in [-0.3, -0.25) is 9.78 Å². The molecule has 1 aliphatic rings. The van der Waals surface area contributed by atoms with Gasteiger partial charge < -0.3 is 10.1 Å². The summed E-state index contributed by atoms with van der Waals surface area (Å²) in [4.78, 5) is 16.8. The number of nitrogens with zero attached hydrogens (tertiary/aromatic N) is 2. The van der Waals surface area contributed by atoms with Crippen LogP contribution >= 0.6 is 0 Å². The van der Waals surface area contributed by atoms with Crippen LogP contribution in [0.1, 0.15) is 45.2 Å². The summed E-state index contributed by atoms with van der Waals surface area (Å²) in [7, 11) is 0. The Kier molecular flexibility index (Phi) is 5.98. The van der Waals surface area contributed by atoms with E-state index in [1.165, 1.54) is 6.07 Å². The number of hydrogen-bond acceptors (Lipinski definition) is 4. The van der Waals surface area contributed by atoms with E-state index in [0.29, 0.717) is 17.9 Å². The lowest BCUT2D eigenvalue weighted by Crippen LogP contribution is -2.33. The summed E-state index contributed by atoms with van der Waals surface area (Å²) in [6.45, 7) is 2.62. The maximum Gasteiger partial charge on any atom is 0.251 e. The van der Waals surface area contributed by atoms with E-state index >= 15 is 0 Å². The number of nitriles is 1. The predicted octanol–water partition coefficient (Wildman–Crippen LogP) is 3.86. The van der Waals surface area contributed by atoms with E-state index in [2.05, 4.69) is 28.2 Å². The van der Waals surface area contributed by atoms with Crippen molar-refractivity contribution in [2.24, 2.45) is 0 Å². The summed E-state index contributed by atoms with van der Waals surface area (Å²) < 4.78 is 19.6. The van der Waals surface area contributed by atoms with Crippen molar-refractivity contribution in [1.29, 1.82) is 5.26 Å². The van der Waals surface area contributed by atoms with E-state index in [-0.39, 0.29) is 24.6 Å². The van der Waals surface area contributed by atoms with Crippen molar-refractivity contribution in [2.45, 2.75) is 25.5 Å². The van der Waals surface area contributed by atoms with Gasteiger partial charge in [-0.25, -0.2) is 4.39 Å². The Bertz CT molecular complexity index is 1270. The molecule has 0 radical (unpaired) electrons. The van der Waals surface area contributed by atoms with Crippen LogP contribution in [0.4, 0.5) is 4.39 Å². The monoisotopic (exact) mass is 425 g/mol. The van der Waals surface area contributed by atoms with Gasteiger partial charge in [-0.15, -0.1) is 0 Å². The molecule has 0 saturated heterocycles. The second kappa shape index (κ2) is 9.01. The van der Waals surface area contributed by atoms with Crippen LogP contribution in [0.15, 0.2) is 60.8 Å². The van der Waals surface area contributed by atoms with Crippen LogP contribution < -0.4 is 5.32 Å². The third kappa shape index (κ3) is 4.51. The lowest BCUT2D eigenvalue weighted by molar-refractivity contribution is 0.0757. The molecule has 0 unspecified atom stereocenters. The third-order valence-electron chi connectivity index (χ3n) is 5.32. The van der Waals surface area contributed by atoms with Gasteiger partial charge in [0.2, 0.25) is 0 Å². The smallest absolute Gasteiger partial charge is 0.251 e. The number of carbonyl (C=O) groups is 1. The molecule has 6 heteroatoms. The van der Waals surface area contributed by atoms with Crippen LogP contribution in [0.3, 0.4) is 0 Å². The Hall–Kier alpha value is -4.00. The average molecular weight is 425 g/mol. The highest BCUT2D eigenvalue weighted by molar-refractivity contribution is 5.94. The fourth-order valence-corrected chi connectivity index (χ4v) is 3.50. The minimum absolute atomic E-state index is 0.120. The molecular formula is C26H20FN3O2. The minimum Gasteiger partial charge on any atom is -0.375 e. The summed E-state index contributed by atoms with van der Waals surface area (Å²) >= 11 is 0. The number of fused-ring (bicyclic) bond motifs is 1. The van der Waals surface area contributed by atoms with Crippen LogP contribution in [0.25, 0.3) is 0 Å². The largest absolute Gasteiger partial charge is 0.375 e. The molecule has 0 spiro atoms. The molecule has 158 valence electrons. The molecule has 5 nitrogen and oxygen atoms in total. The van der Waals surface area contributed by atoms with Crippen molar-refractivity contribution in [3.8, 4) is 17.9 Å². The van der Waals surface area contributed by atoms with Crippen LogP contribution in [0, 0.1) is 29.0 Å². The molecule has 1 atom stereocenters. The Morgan fingerprint density at radius 1 is 1.22 bits per heavy atom. The zero-order valence-electron chi connectivity index (χ0n) is 17.5. The zero-order valence-corrected chi connectivity index (χ0v) is 17.5. The fourth-order valence-electron chi connectivity index (χ4n) is 3.50. The Morgan fingerprint density at radius 2 is 2.03 bits per heavy atom. The molecule has 32 heavy (non-hydrogen) atoms. The molecule has 4 rings (SSSR count). The van der Waals surface area contributed by atoms with E-state index < -0.39 is 11.2 Å². The first-order chi connectivity index (χ1) is 15.5. The minimum atomic E-state index is -0.797. The van der Waals surface area contributed by atoms with Gasteiger partial charge in [-0.2, -0.15) is 5.26 Å². The van der Waals surface area contributed by atoms with Gasteiger partial charge in [-0.1, -0.05) is 36.1 Å². The van der Waals surface area contributed by atoms with Gasteiger partial charge in [0.05, 0.1) is 43.3 Å². The van der Waals surface area contributed by atoms with Crippen molar-refractivity contribution in [3.63, 3.8) is 0 Å². The first kappa shape index (κ1) is 21.2. The molecule has 0 saturated carbocycles. The topological polar surface area (TPSA) is 75.0 Å². The normalized spacial score (nSPS) is 16.8. The van der Waals surface area contributed by atoms with E-state index in [9.17, 15) is 14.4 Å². The first-order valence-corrected chi connectivity index (χ1v) is 10.1. The van der Waals surface area contributed by atoms with Crippen molar-refractivity contribution in [3.05, 3.63) is 100 Å². The Labute approximate surface area is 185 Å². The molecule has 1 amide bonds. The maximum atomic E-state index is 14.1. The molecule has 3 aromatic rings. The highest BCUT2D eigenvalue weighted by Crippen LogP contribution is 2.32. The van der Waals surface area contributed by atoms with Crippen molar-refractivity contribution >= 4 is 5.91 Å². The average Bonchev–Trinajstić information content (AvgIpc) is 2.83. The second-order valence-corrected chi connectivity index (χ2v) is 7.76. The van der Waals surface area contributed by atoms with Gasteiger partial charge in [-0.05, 0) is 48.4 Å². The highest BCUT2D eigenvalue weighted by Gasteiger charge is 2.33. The molecule has 1 N–H and O–H groups in total. The molecule has 1 aliphatic heterocycles. The first-order valence-electron chi connectivity index (χ1n) is 10.1. The molecule has 0 aliphatic carbocycles. The van der Waals surface area contributed by atoms with Gasteiger partial charge in [0, 0.05) is 11.1 Å². The number of rotatable bonds is 3. The molecule has 1 aromatic heterocycles. The number of pyridine rings is 1. The molecule has 0 bridgehead atoms. The number of nitrogens with one attached hydrogen (secondary N) is 1. The summed E-state index contributed by atoms with van der Waals surface area (Å²) in [5.74, 6) is 4.92. The number of benzene rings is 2. The lowest BCUT2D eigenvalue weighted by atomic mass is 9.79. The highest BCUT2D eigenvalue weighted by atomic mass is 19.1. The van der Waals surface area contributed by atoms with Crippen molar-refractivity contribution in [1.82, 2.24) is 10.3 Å². The van der Waals surface area contributed by atoms with Crippen LogP contribution in [-0.4, -0.2) is 17.5 Å². The second-order valence-electron chi connectivity index (χ2n) is 7.76. The maximum absolute atomic E-state index is 14.1. The Morgan fingerprint density at radius 3 is 2.81 bits per heavy atom. The summed E-state index contributed by atoms with van der Waals surface area (Å²) in [6, 6.07) is 18.4. The number of amides is 1. The van der Waals surface area contributed by atoms with Gasteiger partial charge in [0.1, 0.15) is 5.41 Å². The summed E-state index contributed by atoms with van der Waals surface area (Å²) in [6.07, 6.45) is 1.10. The van der Waals surface area contributed by atoms with Crippen LogP contribution in [-0.2, 0) is 23.3 Å². The van der Waals surface area contributed by atoms with Crippen LogP contribution in [0.5, 0.6) is 0 Å². The van der Waals surface area contributed by atoms with Gasteiger partial charge >= 0.3 is 0 Å². The quantitative estimate of drug-likeness (QED) is 0.647. The number of ether oxygens (including phenoxy) is 1. The van der Waals surface area contributed by atoms with Crippen molar-refractivity contribution < 1.29 is 13.9 Å². The summed E-state index contributed by atoms with van der Waals surface area (Å²) in [5.41, 5.74) is 2.83. The zero-order chi connectivity index (χ0) is 22.6. The number of carbonyl (C=O) groups excluding carboxylic acids is 1. The van der Waals surface area contributed by atoms with E-state index in [1.54, 1.807) is 19.1 Å². The Balaban J connectivity index is 1.49. The predicted molar refractivity (Wildman–Crippen MR) is 117 cm³/mol. The fraction of sp³-hybridized carbons (Fsp3) is 0.192. The molecule has 2 aromatic carbocycles. The molecular weight excluding hydrogens is 405 g/mol. The SMILES string of the molecule is C[C@@]1(C#N)COCc2ccc(C(=O)NCc3cc(C#Cc4ccccc4)c(F)cn3)cc21. The number of hydrogen-bond donors (Lipinski definition) is 1. The van der Waals surface area contributed by atoms with Crippen molar-refractivity contribution in [2.75, 3.05) is 6.61 Å². The summed E-state index contributed by atoms with van der Waals surface area (Å²) in [5, 5.41) is 12.4.